The van der Waals surface area contributed by atoms with E-state index in [1.54, 1.807) is 67.8 Å². The van der Waals surface area contributed by atoms with E-state index in [9.17, 15) is 14.4 Å². The molecule has 10 heteroatoms. The molecule has 3 amide bonds. The SMILES string of the molecule is COc1ccccc1-c1ccc(C=C(NC(=O)c2ccccc2)C(=O)Nc2ccc(SC(C(=O)Nc3ccc(C)c(Cl)c3)c3ccccc3)cc2)o1. The van der Waals surface area contributed by atoms with Crippen molar-refractivity contribution in [3.63, 3.8) is 0 Å². The fraction of sp³-hybridized carbons (Fsp3) is 0.0714. The van der Waals surface area contributed by atoms with Crippen LogP contribution in [-0.2, 0) is 9.59 Å². The summed E-state index contributed by atoms with van der Waals surface area (Å²) in [6, 6.07) is 41.6. The van der Waals surface area contributed by atoms with Crippen molar-refractivity contribution in [2.45, 2.75) is 17.1 Å². The molecule has 0 radical (unpaired) electrons. The van der Waals surface area contributed by atoms with Crippen molar-refractivity contribution in [2.75, 3.05) is 17.7 Å². The molecule has 0 spiro atoms. The van der Waals surface area contributed by atoms with E-state index < -0.39 is 17.1 Å². The van der Waals surface area contributed by atoms with Gasteiger partial charge in [-0.15, -0.1) is 11.8 Å². The number of furan rings is 1. The van der Waals surface area contributed by atoms with Gasteiger partial charge < -0.3 is 25.1 Å². The molecule has 0 aliphatic carbocycles. The zero-order valence-corrected chi connectivity index (χ0v) is 29.8. The smallest absolute Gasteiger partial charge is 0.272 e. The molecule has 3 N–H and O–H groups in total. The van der Waals surface area contributed by atoms with Crippen molar-refractivity contribution < 1.29 is 23.5 Å². The van der Waals surface area contributed by atoms with Gasteiger partial charge in [-0.3, -0.25) is 14.4 Å². The minimum absolute atomic E-state index is 0.0229. The standard InChI is InChI=1S/C42H34ClN3O5S/c1-27-17-18-31(25-35(27)43)45-42(49)39(28-11-5-3-6-12-28)52-33-22-19-30(20-23-33)44-41(48)36(46-40(47)29-13-7-4-8-14-29)26-32-21-24-38(51-32)34-15-9-10-16-37(34)50-2/h3-26,39H,1-2H3,(H,44,48)(H,45,49)(H,46,47). The first-order valence-corrected chi connectivity index (χ1v) is 17.5. The Balaban J connectivity index is 1.21. The topological polar surface area (TPSA) is 110 Å². The third-order valence-electron chi connectivity index (χ3n) is 7.96. The van der Waals surface area contributed by atoms with E-state index in [4.69, 9.17) is 20.8 Å². The molecular weight excluding hydrogens is 694 g/mol. The number of methoxy groups -OCH3 is 1. The predicted octanol–water partition coefficient (Wildman–Crippen LogP) is 9.80. The highest BCUT2D eigenvalue weighted by Crippen LogP contribution is 2.37. The summed E-state index contributed by atoms with van der Waals surface area (Å²) in [5.74, 6) is 0.308. The average molecular weight is 728 g/mol. The Morgan fingerprint density at radius 2 is 1.44 bits per heavy atom. The van der Waals surface area contributed by atoms with E-state index in [2.05, 4.69) is 16.0 Å². The third-order valence-corrected chi connectivity index (χ3v) is 9.63. The summed E-state index contributed by atoms with van der Waals surface area (Å²) in [7, 11) is 1.58. The fourth-order valence-electron chi connectivity index (χ4n) is 5.24. The Morgan fingerprint density at radius 1 is 0.769 bits per heavy atom. The number of anilines is 2. The van der Waals surface area contributed by atoms with Crippen molar-refractivity contribution in [1.29, 1.82) is 0 Å². The van der Waals surface area contributed by atoms with Crippen LogP contribution in [0.5, 0.6) is 5.75 Å². The maximum atomic E-state index is 13.7. The average Bonchev–Trinajstić information content (AvgIpc) is 3.64. The Kier molecular flexibility index (Phi) is 11.6. The van der Waals surface area contributed by atoms with Crippen molar-refractivity contribution in [1.82, 2.24) is 5.32 Å². The number of carbonyl (C=O) groups is 3. The summed E-state index contributed by atoms with van der Waals surface area (Å²) < 4.78 is 11.5. The quantitative estimate of drug-likeness (QED) is 0.0856. The lowest BCUT2D eigenvalue weighted by Crippen LogP contribution is -2.30. The van der Waals surface area contributed by atoms with Gasteiger partial charge in [0.25, 0.3) is 11.8 Å². The normalized spacial score (nSPS) is 11.7. The van der Waals surface area contributed by atoms with Crippen molar-refractivity contribution in [2.24, 2.45) is 0 Å². The van der Waals surface area contributed by atoms with Gasteiger partial charge in [-0.2, -0.15) is 0 Å². The highest BCUT2D eigenvalue weighted by molar-refractivity contribution is 8.00. The first kappa shape index (κ1) is 35.8. The van der Waals surface area contributed by atoms with Gasteiger partial charge in [-0.1, -0.05) is 78.3 Å². The molecule has 6 aromatic rings. The van der Waals surface area contributed by atoms with E-state index in [1.807, 2.05) is 85.8 Å². The maximum Gasteiger partial charge on any atom is 0.272 e. The van der Waals surface area contributed by atoms with E-state index in [1.165, 1.54) is 17.8 Å². The number of nitrogens with one attached hydrogen (secondary N) is 3. The Morgan fingerprint density at radius 3 is 2.15 bits per heavy atom. The van der Waals surface area contributed by atoms with Gasteiger partial charge in [0.15, 0.2) is 0 Å². The summed E-state index contributed by atoms with van der Waals surface area (Å²) in [6.45, 7) is 1.90. The van der Waals surface area contributed by atoms with Gasteiger partial charge >= 0.3 is 0 Å². The number of halogens is 1. The van der Waals surface area contributed by atoms with Crippen LogP contribution < -0.4 is 20.7 Å². The lowest BCUT2D eigenvalue weighted by Gasteiger charge is -2.18. The molecule has 5 aromatic carbocycles. The van der Waals surface area contributed by atoms with Gasteiger partial charge in [0.2, 0.25) is 5.91 Å². The molecule has 1 aromatic heterocycles. The van der Waals surface area contributed by atoms with Gasteiger partial charge in [-0.05, 0) is 90.8 Å². The minimum Gasteiger partial charge on any atom is -0.496 e. The second kappa shape index (κ2) is 16.8. The largest absolute Gasteiger partial charge is 0.496 e. The number of amides is 3. The lowest BCUT2D eigenvalue weighted by molar-refractivity contribution is -0.116. The molecule has 1 heterocycles. The Hall–Kier alpha value is -6.03. The van der Waals surface area contributed by atoms with Gasteiger partial charge in [0.05, 0.1) is 12.7 Å². The Labute approximate surface area is 310 Å². The third kappa shape index (κ3) is 9.00. The van der Waals surface area contributed by atoms with E-state index >= 15 is 0 Å². The molecular formula is C42H34ClN3O5S. The summed E-state index contributed by atoms with van der Waals surface area (Å²) in [4.78, 5) is 41.2. The summed E-state index contributed by atoms with van der Waals surface area (Å²) in [5, 5.41) is 8.59. The first-order valence-electron chi connectivity index (χ1n) is 16.3. The van der Waals surface area contributed by atoms with Crippen LogP contribution in [0.3, 0.4) is 0 Å². The molecule has 260 valence electrons. The number of ether oxygens (including phenoxy) is 1. The molecule has 0 saturated carbocycles. The zero-order chi connectivity index (χ0) is 36.5. The molecule has 0 saturated heterocycles. The van der Waals surface area contributed by atoms with Crippen LogP contribution in [0.15, 0.2) is 155 Å². The van der Waals surface area contributed by atoms with Crippen LogP contribution >= 0.6 is 23.4 Å². The second-order valence-corrected chi connectivity index (χ2v) is 13.2. The first-order chi connectivity index (χ1) is 25.3. The number of benzene rings is 5. The van der Waals surface area contributed by atoms with Crippen LogP contribution in [0, 0.1) is 6.92 Å². The van der Waals surface area contributed by atoms with E-state index in [-0.39, 0.29) is 11.6 Å². The number of thioether (sulfide) groups is 1. The summed E-state index contributed by atoms with van der Waals surface area (Å²) in [6.07, 6.45) is 1.48. The molecule has 1 unspecified atom stereocenters. The zero-order valence-electron chi connectivity index (χ0n) is 28.3. The second-order valence-electron chi connectivity index (χ2n) is 11.6. The van der Waals surface area contributed by atoms with Crippen molar-refractivity contribution in [3.05, 3.63) is 173 Å². The van der Waals surface area contributed by atoms with Crippen LogP contribution in [-0.4, -0.2) is 24.8 Å². The lowest BCUT2D eigenvalue weighted by atomic mass is 10.1. The predicted molar refractivity (Wildman–Crippen MR) is 208 cm³/mol. The highest BCUT2D eigenvalue weighted by atomic mass is 35.5. The summed E-state index contributed by atoms with van der Waals surface area (Å²) >= 11 is 7.68. The van der Waals surface area contributed by atoms with E-state index in [0.29, 0.717) is 39.2 Å². The maximum absolute atomic E-state index is 13.7. The number of rotatable bonds is 12. The number of aryl methyl sites for hydroxylation is 1. The van der Waals surface area contributed by atoms with Crippen LogP contribution in [0.1, 0.15) is 32.5 Å². The van der Waals surface area contributed by atoms with E-state index in [0.717, 1.165) is 21.6 Å². The monoisotopic (exact) mass is 727 g/mol. The molecule has 0 bridgehead atoms. The van der Waals surface area contributed by atoms with Crippen molar-refractivity contribution >= 4 is 58.5 Å². The molecule has 0 aliphatic rings. The van der Waals surface area contributed by atoms with Gasteiger partial charge in [0.1, 0.15) is 28.2 Å². The van der Waals surface area contributed by atoms with Crippen molar-refractivity contribution in [3.8, 4) is 17.1 Å². The fourth-order valence-corrected chi connectivity index (χ4v) is 6.44. The molecule has 0 fully saturated rings. The van der Waals surface area contributed by atoms with Gasteiger partial charge in [-0.25, -0.2) is 0 Å². The van der Waals surface area contributed by atoms with Crippen LogP contribution in [0.4, 0.5) is 11.4 Å². The highest BCUT2D eigenvalue weighted by Gasteiger charge is 2.23. The molecule has 52 heavy (non-hydrogen) atoms. The number of hydrogen-bond acceptors (Lipinski definition) is 6. The molecule has 6 rings (SSSR count). The molecule has 1 atom stereocenters. The number of hydrogen-bond donors (Lipinski definition) is 3. The summed E-state index contributed by atoms with van der Waals surface area (Å²) in [5.41, 5.74) is 3.95. The Bertz CT molecular complexity index is 2220. The number of para-hydroxylation sites is 1. The van der Waals surface area contributed by atoms with Crippen LogP contribution in [0.25, 0.3) is 17.4 Å². The molecule has 0 aliphatic heterocycles. The van der Waals surface area contributed by atoms with Crippen LogP contribution in [0.2, 0.25) is 5.02 Å². The van der Waals surface area contributed by atoms with Gasteiger partial charge in [0, 0.05) is 32.9 Å². The molecule has 8 nitrogen and oxygen atoms in total. The minimum atomic E-state index is -0.571. The number of carbonyl (C=O) groups excluding carboxylic acids is 3.